The number of primary amides is 1. The summed E-state index contributed by atoms with van der Waals surface area (Å²) in [7, 11) is 0. The maximum atomic E-state index is 12.5. The largest absolute Gasteiger partial charge is 0.489 e. The molecule has 0 aliphatic rings. The Kier molecular flexibility index (Phi) is 6.61. The molecule has 0 radical (unpaired) electrons. The lowest BCUT2D eigenvalue weighted by atomic mass is 10.1. The van der Waals surface area contributed by atoms with E-state index in [1.165, 1.54) is 12.3 Å². The van der Waals surface area contributed by atoms with Gasteiger partial charge in [0, 0.05) is 17.2 Å². The lowest BCUT2D eigenvalue weighted by molar-refractivity contribution is 0.0997. The van der Waals surface area contributed by atoms with E-state index >= 15 is 0 Å². The second-order valence-electron chi connectivity index (χ2n) is 7.13. The number of nitrogens with one attached hydrogen (secondary N) is 1. The van der Waals surface area contributed by atoms with Crippen LogP contribution >= 0.6 is 0 Å². The fourth-order valence-corrected chi connectivity index (χ4v) is 2.99. The standard InChI is InChI=1S/C26H21N3O4/c27-25(30)20-5-4-8-23(15-20)33-24-14-13-21(16-28-24)29-26(31)19-11-9-18(10-12-19)17-32-22-6-2-1-3-7-22/h1-16H,17H2,(H2,27,30)(H,29,31). The molecule has 0 unspecified atom stereocenters. The first-order valence-corrected chi connectivity index (χ1v) is 10.2. The normalized spacial score (nSPS) is 10.3. The Balaban J connectivity index is 1.32. The predicted molar refractivity (Wildman–Crippen MR) is 124 cm³/mol. The highest BCUT2D eigenvalue weighted by molar-refractivity contribution is 6.04. The zero-order chi connectivity index (χ0) is 23.0. The summed E-state index contributed by atoms with van der Waals surface area (Å²) in [6.45, 7) is 0.416. The van der Waals surface area contributed by atoms with E-state index in [1.54, 1.807) is 42.5 Å². The van der Waals surface area contributed by atoms with Crippen LogP contribution < -0.4 is 20.5 Å². The number of carbonyl (C=O) groups excluding carboxylic acids is 2. The molecule has 33 heavy (non-hydrogen) atoms. The van der Waals surface area contributed by atoms with Crippen LogP contribution in [-0.2, 0) is 6.61 Å². The number of para-hydroxylation sites is 1. The number of carbonyl (C=O) groups is 2. The number of hydrogen-bond acceptors (Lipinski definition) is 5. The molecular weight excluding hydrogens is 418 g/mol. The van der Waals surface area contributed by atoms with Crippen molar-refractivity contribution < 1.29 is 19.1 Å². The van der Waals surface area contributed by atoms with Crippen LogP contribution in [0.2, 0.25) is 0 Å². The minimum Gasteiger partial charge on any atom is -0.489 e. The molecule has 7 nitrogen and oxygen atoms in total. The summed E-state index contributed by atoms with van der Waals surface area (Å²) in [4.78, 5) is 28.0. The maximum absolute atomic E-state index is 12.5. The first-order valence-electron chi connectivity index (χ1n) is 10.2. The number of ether oxygens (including phenoxy) is 2. The van der Waals surface area contributed by atoms with Gasteiger partial charge in [-0.1, -0.05) is 36.4 Å². The van der Waals surface area contributed by atoms with Crippen LogP contribution in [0.1, 0.15) is 26.3 Å². The minimum atomic E-state index is -0.539. The van der Waals surface area contributed by atoms with Crippen molar-refractivity contribution in [2.24, 2.45) is 5.73 Å². The highest BCUT2D eigenvalue weighted by Gasteiger charge is 2.08. The number of hydrogen-bond donors (Lipinski definition) is 2. The van der Waals surface area contributed by atoms with Crippen molar-refractivity contribution in [3.05, 3.63) is 114 Å². The summed E-state index contributed by atoms with van der Waals surface area (Å²) in [6, 6.07) is 26.5. The van der Waals surface area contributed by atoms with E-state index in [0.717, 1.165) is 11.3 Å². The average molecular weight is 439 g/mol. The molecule has 164 valence electrons. The average Bonchev–Trinajstić information content (AvgIpc) is 2.85. The van der Waals surface area contributed by atoms with Gasteiger partial charge in [0.1, 0.15) is 18.1 Å². The third-order valence-corrected chi connectivity index (χ3v) is 4.70. The summed E-state index contributed by atoms with van der Waals surface area (Å²) in [5, 5.41) is 2.80. The van der Waals surface area contributed by atoms with Crippen molar-refractivity contribution in [2.75, 3.05) is 5.32 Å². The molecule has 0 aliphatic heterocycles. The molecule has 3 N–H and O–H groups in total. The van der Waals surface area contributed by atoms with Gasteiger partial charge in [-0.2, -0.15) is 0 Å². The van der Waals surface area contributed by atoms with E-state index in [9.17, 15) is 9.59 Å². The number of nitrogens with zero attached hydrogens (tertiary/aromatic N) is 1. The van der Waals surface area contributed by atoms with Gasteiger partial charge in [-0.3, -0.25) is 9.59 Å². The maximum Gasteiger partial charge on any atom is 0.255 e. The third kappa shape index (κ3) is 5.95. The quantitative estimate of drug-likeness (QED) is 0.410. The molecule has 0 spiro atoms. The Morgan fingerprint density at radius 3 is 2.27 bits per heavy atom. The van der Waals surface area contributed by atoms with Gasteiger partial charge in [0.25, 0.3) is 5.91 Å². The molecule has 0 saturated carbocycles. The fourth-order valence-electron chi connectivity index (χ4n) is 2.99. The first-order chi connectivity index (χ1) is 16.1. The lowest BCUT2D eigenvalue weighted by Crippen LogP contribution is -2.12. The number of aromatic nitrogens is 1. The van der Waals surface area contributed by atoms with E-state index in [2.05, 4.69) is 10.3 Å². The van der Waals surface area contributed by atoms with Gasteiger partial charge < -0.3 is 20.5 Å². The van der Waals surface area contributed by atoms with E-state index in [4.69, 9.17) is 15.2 Å². The molecule has 0 bridgehead atoms. The van der Waals surface area contributed by atoms with Gasteiger partial charge in [0.05, 0.1) is 11.9 Å². The third-order valence-electron chi connectivity index (χ3n) is 4.70. The smallest absolute Gasteiger partial charge is 0.255 e. The molecule has 1 aromatic heterocycles. The van der Waals surface area contributed by atoms with Gasteiger partial charge in [-0.05, 0) is 54.1 Å². The topological polar surface area (TPSA) is 104 Å². The number of anilines is 1. The van der Waals surface area contributed by atoms with Crippen molar-refractivity contribution in [1.82, 2.24) is 4.98 Å². The summed E-state index contributed by atoms with van der Waals surface area (Å²) in [5.41, 5.74) is 7.62. The molecule has 4 rings (SSSR count). The highest BCUT2D eigenvalue weighted by Crippen LogP contribution is 2.22. The summed E-state index contributed by atoms with van der Waals surface area (Å²) < 4.78 is 11.4. The van der Waals surface area contributed by atoms with Crippen molar-refractivity contribution in [2.45, 2.75) is 6.61 Å². The Morgan fingerprint density at radius 1 is 0.818 bits per heavy atom. The monoisotopic (exact) mass is 439 g/mol. The van der Waals surface area contributed by atoms with Crippen molar-refractivity contribution in [1.29, 1.82) is 0 Å². The van der Waals surface area contributed by atoms with Crippen molar-refractivity contribution in [3.8, 4) is 17.4 Å². The molecule has 0 saturated heterocycles. The van der Waals surface area contributed by atoms with Gasteiger partial charge >= 0.3 is 0 Å². The van der Waals surface area contributed by atoms with Gasteiger partial charge in [0.15, 0.2) is 0 Å². The molecule has 1 heterocycles. The molecule has 0 aliphatic carbocycles. The summed E-state index contributed by atoms with van der Waals surface area (Å²) >= 11 is 0. The summed E-state index contributed by atoms with van der Waals surface area (Å²) in [5.74, 6) is 0.752. The lowest BCUT2D eigenvalue weighted by Gasteiger charge is -2.09. The molecule has 0 fully saturated rings. The van der Waals surface area contributed by atoms with Crippen molar-refractivity contribution in [3.63, 3.8) is 0 Å². The number of benzene rings is 3. The second-order valence-corrected chi connectivity index (χ2v) is 7.13. The van der Waals surface area contributed by atoms with Crippen LogP contribution in [0, 0.1) is 0 Å². The number of amides is 2. The molecule has 2 amide bonds. The van der Waals surface area contributed by atoms with Crippen LogP contribution in [0.4, 0.5) is 5.69 Å². The molecular formula is C26H21N3O4. The van der Waals surface area contributed by atoms with Crippen LogP contribution in [0.25, 0.3) is 0 Å². The minimum absolute atomic E-state index is 0.254. The van der Waals surface area contributed by atoms with Crippen molar-refractivity contribution >= 4 is 17.5 Å². The van der Waals surface area contributed by atoms with Gasteiger partial charge in [0.2, 0.25) is 11.8 Å². The summed E-state index contributed by atoms with van der Waals surface area (Å²) in [6.07, 6.45) is 1.49. The second kappa shape index (κ2) is 10.1. The van der Waals surface area contributed by atoms with Crippen LogP contribution in [0.3, 0.4) is 0 Å². The number of nitrogens with two attached hydrogens (primary N) is 1. The molecule has 4 aromatic rings. The van der Waals surface area contributed by atoms with Crippen LogP contribution in [0.15, 0.2) is 97.2 Å². The first kappa shape index (κ1) is 21.6. The fraction of sp³-hybridized carbons (Fsp3) is 0.0385. The number of rotatable bonds is 8. The van der Waals surface area contributed by atoms with E-state index < -0.39 is 5.91 Å². The van der Waals surface area contributed by atoms with E-state index in [-0.39, 0.29) is 5.91 Å². The molecule has 7 heteroatoms. The molecule has 0 atom stereocenters. The number of pyridine rings is 1. The molecule has 3 aromatic carbocycles. The van der Waals surface area contributed by atoms with Gasteiger partial charge in [-0.25, -0.2) is 4.98 Å². The SMILES string of the molecule is NC(=O)c1cccc(Oc2ccc(NC(=O)c3ccc(COc4ccccc4)cc3)cn2)c1. The Morgan fingerprint density at radius 2 is 1.58 bits per heavy atom. The Labute approximate surface area is 190 Å². The van der Waals surface area contributed by atoms with Crippen LogP contribution in [0.5, 0.6) is 17.4 Å². The highest BCUT2D eigenvalue weighted by atomic mass is 16.5. The zero-order valence-corrected chi connectivity index (χ0v) is 17.6. The van der Waals surface area contributed by atoms with E-state index in [0.29, 0.717) is 35.1 Å². The predicted octanol–water partition coefficient (Wildman–Crippen LogP) is 4.80. The Hall–Kier alpha value is -4.65. The van der Waals surface area contributed by atoms with Crippen LogP contribution in [-0.4, -0.2) is 16.8 Å². The van der Waals surface area contributed by atoms with E-state index in [1.807, 2.05) is 42.5 Å². The van der Waals surface area contributed by atoms with Gasteiger partial charge in [-0.15, -0.1) is 0 Å². The Bertz CT molecular complexity index is 1240. The zero-order valence-electron chi connectivity index (χ0n) is 17.6.